The fraction of sp³-hybridized carbons (Fsp3) is 0.625. The standard InChI is InChI=1S/C8H12N2O3/c1-10-2-5(9-4-10)8-7(12)6(11)3-13-8/h2,4,6-8,11-12H,3H2,1H3/t6-,7-,8+/m1/s1. The first kappa shape index (κ1) is 8.68. The Bertz CT molecular complexity index is 299. The molecule has 5 nitrogen and oxygen atoms in total. The normalized spacial score (nSPS) is 33.9. The number of nitrogens with zero attached hydrogens (tertiary/aromatic N) is 2. The molecule has 0 bridgehead atoms. The zero-order chi connectivity index (χ0) is 9.42. The molecule has 72 valence electrons. The monoisotopic (exact) mass is 184 g/mol. The van der Waals surface area contributed by atoms with E-state index in [1.807, 2.05) is 7.05 Å². The van der Waals surface area contributed by atoms with E-state index in [-0.39, 0.29) is 6.61 Å². The van der Waals surface area contributed by atoms with E-state index in [1.165, 1.54) is 0 Å². The molecule has 5 heteroatoms. The number of hydrogen-bond donors (Lipinski definition) is 2. The molecular weight excluding hydrogens is 172 g/mol. The number of hydrogen-bond acceptors (Lipinski definition) is 4. The van der Waals surface area contributed by atoms with Crippen molar-refractivity contribution in [3.05, 3.63) is 18.2 Å². The molecule has 13 heavy (non-hydrogen) atoms. The lowest BCUT2D eigenvalue weighted by molar-refractivity contribution is 0.0207. The predicted octanol–water partition coefficient (Wildman–Crippen LogP) is -0.787. The van der Waals surface area contributed by atoms with Gasteiger partial charge in [0.15, 0.2) is 0 Å². The van der Waals surface area contributed by atoms with E-state index in [4.69, 9.17) is 4.74 Å². The van der Waals surface area contributed by atoms with E-state index in [0.29, 0.717) is 5.69 Å². The van der Waals surface area contributed by atoms with Gasteiger partial charge in [0.25, 0.3) is 0 Å². The van der Waals surface area contributed by atoms with Crippen molar-refractivity contribution in [3.63, 3.8) is 0 Å². The summed E-state index contributed by atoms with van der Waals surface area (Å²) in [6.45, 7) is 0.169. The number of aliphatic hydroxyl groups excluding tert-OH is 2. The number of imidazole rings is 1. The minimum atomic E-state index is -0.866. The molecule has 0 aromatic carbocycles. The van der Waals surface area contributed by atoms with Crippen LogP contribution < -0.4 is 0 Å². The summed E-state index contributed by atoms with van der Waals surface area (Å²) in [5.74, 6) is 0. The average Bonchev–Trinajstić information content (AvgIpc) is 2.62. The Kier molecular flexibility index (Phi) is 2.07. The second-order valence-corrected chi connectivity index (χ2v) is 3.28. The van der Waals surface area contributed by atoms with Crippen molar-refractivity contribution in [2.75, 3.05) is 6.61 Å². The fourth-order valence-electron chi connectivity index (χ4n) is 1.44. The second-order valence-electron chi connectivity index (χ2n) is 3.28. The maximum Gasteiger partial charge on any atom is 0.129 e. The fourth-order valence-corrected chi connectivity index (χ4v) is 1.44. The van der Waals surface area contributed by atoms with E-state index >= 15 is 0 Å². The van der Waals surface area contributed by atoms with Crippen LogP contribution in [-0.2, 0) is 11.8 Å². The third-order valence-electron chi connectivity index (χ3n) is 2.17. The molecule has 0 unspecified atom stereocenters. The molecule has 1 saturated heterocycles. The second kappa shape index (κ2) is 3.10. The minimum Gasteiger partial charge on any atom is -0.388 e. The first-order valence-corrected chi connectivity index (χ1v) is 4.14. The highest BCUT2D eigenvalue weighted by Crippen LogP contribution is 2.27. The molecule has 0 aliphatic carbocycles. The molecule has 1 fully saturated rings. The number of aliphatic hydroxyl groups is 2. The van der Waals surface area contributed by atoms with Crippen LogP contribution in [0.3, 0.4) is 0 Å². The van der Waals surface area contributed by atoms with E-state index in [9.17, 15) is 10.2 Å². The van der Waals surface area contributed by atoms with E-state index in [0.717, 1.165) is 0 Å². The van der Waals surface area contributed by atoms with Crippen LogP contribution in [0.1, 0.15) is 11.8 Å². The van der Waals surface area contributed by atoms with Crippen molar-refractivity contribution in [1.29, 1.82) is 0 Å². The topological polar surface area (TPSA) is 67.5 Å². The van der Waals surface area contributed by atoms with Crippen molar-refractivity contribution in [1.82, 2.24) is 9.55 Å². The van der Waals surface area contributed by atoms with Gasteiger partial charge in [-0.2, -0.15) is 0 Å². The summed E-state index contributed by atoms with van der Waals surface area (Å²) in [6, 6.07) is 0. The molecule has 1 aliphatic rings. The Morgan fingerprint density at radius 3 is 2.85 bits per heavy atom. The van der Waals surface area contributed by atoms with Crippen molar-refractivity contribution in [3.8, 4) is 0 Å². The zero-order valence-corrected chi connectivity index (χ0v) is 7.29. The van der Waals surface area contributed by atoms with Gasteiger partial charge in [0.1, 0.15) is 18.3 Å². The lowest BCUT2D eigenvalue weighted by atomic mass is 10.1. The molecule has 2 rings (SSSR count). The summed E-state index contributed by atoms with van der Waals surface area (Å²) in [6.07, 6.45) is 1.25. The Morgan fingerprint density at radius 2 is 2.38 bits per heavy atom. The average molecular weight is 184 g/mol. The van der Waals surface area contributed by atoms with Crippen LogP contribution in [0.5, 0.6) is 0 Å². The van der Waals surface area contributed by atoms with Gasteiger partial charge in [0.2, 0.25) is 0 Å². The maximum absolute atomic E-state index is 9.50. The van der Waals surface area contributed by atoms with Gasteiger partial charge < -0.3 is 19.5 Å². The lowest BCUT2D eigenvalue weighted by Crippen LogP contribution is -2.25. The Hall–Kier alpha value is -0.910. The smallest absolute Gasteiger partial charge is 0.129 e. The molecule has 0 saturated carbocycles. The molecule has 1 aromatic heterocycles. The largest absolute Gasteiger partial charge is 0.388 e. The number of rotatable bonds is 1. The first-order valence-electron chi connectivity index (χ1n) is 4.14. The molecule has 2 N–H and O–H groups in total. The van der Waals surface area contributed by atoms with E-state index < -0.39 is 18.3 Å². The van der Waals surface area contributed by atoms with Gasteiger partial charge >= 0.3 is 0 Å². The van der Waals surface area contributed by atoms with Gasteiger partial charge in [0.05, 0.1) is 18.6 Å². The van der Waals surface area contributed by atoms with Crippen molar-refractivity contribution in [2.24, 2.45) is 7.05 Å². The number of ether oxygens (including phenoxy) is 1. The van der Waals surface area contributed by atoms with Crippen LogP contribution in [0.25, 0.3) is 0 Å². The minimum absolute atomic E-state index is 0.169. The third kappa shape index (κ3) is 1.46. The Labute approximate surface area is 75.6 Å². The molecule has 0 radical (unpaired) electrons. The molecular formula is C8H12N2O3. The zero-order valence-electron chi connectivity index (χ0n) is 7.29. The van der Waals surface area contributed by atoms with Crippen LogP contribution in [0.2, 0.25) is 0 Å². The van der Waals surface area contributed by atoms with E-state index in [2.05, 4.69) is 4.98 Å². The summed E-state index contributed by atoms with van der Waals surface area (Å²) >= 11 is 0. The molecule has 3 atom stereocenters. The van der Waals surface area contributed by atoms with Crippen molar-refractivity contribution in [2.45, 2.75) is 18.3 Å². The maximum atomic E-state index is 9.50. The predicted molar refractivity (Wildman–Crippen MR) is 43.9 cm³/mol. The molecule has 2 heterocycles. The molecule has 1 aromatic rings. The third-order valence-corrected chi connectivity index (χ3v) is 2.17. The van der Waals surface area contributed by atoms with Crippen LogP contribution in [0.4, 0.5) is 0 Å². The van der Waals surface area contributed by atoms with Gasteiger partial charge in [-0.3, -0.25) is 0 Å². The summed E-state index contributed by atoms with van der Waals surface area (Å²) in [7, 11) is 1.84. The van der Waals surface area contributed by atoms with E-state index in [1.54, 1.807) is 17.1 Å². The summed E-state index contributed by atoms with van der Waals surface area (Å²) in [5.41, 5.74) is 0.659. The lowest BCUT2D eigenvalue weighted by Gasteiger charge is -2.11. The highest BCUT2D eigenvalue weighted by molar-refractivity contribution is 5.06. The van der Waals surface area contributed by atoms with Gasteiger partial charge in [-0.25, -0.2) is 4.98 Å². The highest BCUT2D eigenvalue weighted by Gasteiger charge is 2.36. The Balaban J connectivity index is 2.18. The first-order chi connectivity index (χ1) is 6.18. The van der Waals surface area contributed by atoms with Crippen molar-refractivity contribution < 1.29 is 14.9 Å². The van der Waals surface area contributed by atoms with Crippen LogP contribution in [0.15, 0.2) is 12.5 Å². The summed E-state index contributed by atoms with van der Waals surface area (Å²) < 4.78 is 6.97. The van der Waals surface area contributed by atoms with Crippen LogP contribution >= 0.6 is 0 Å². The van der Waals surface area contributed by atoms with Gasteiger partial charge in [-0.05, 0) is 0 Å². The molecule has 0 spiro atoms. The number of aryl methyl sites for hydroxylation is 1. The molecule has 1 aliphatic heterocycles. The number of aromatic nitrogens is 2. The summed E-state index contributed by atoms with van der Waals surface area (Å²) in [4.78, 5) is 4.05. The summed E-state index contributed by atoms with van der Waals surface area (Å²) in [5, 5.41) is 18.7. The van der Waals surface area contributed by atoms with Gasteiger partial charge in [-0.15, -0.1) is 0 Å². The van der Waals surface area contributed by atoms with Crippen LogP contribution in [0, 0.1) is 0 Å². The quantitative estimate of drug-likeness (QED) is 0.600. The van der Waals surface area contributed by atoms with Crippen LogP contribution in [-0.4, -0.2) is 38.6 Å². The van der Waals surface area contributed by atoms with Crippen molar-refractivity contribution >= 4 is 0 Å². The SMILES string of the molecule is Cn1cnc([C@@H]2OC[C@@H](O)[C@H]2O)c1. The highest BCUT2D eigenvalue weighted by atomic mass is 16.5. The van der Waals surface area contributed by atoms with Gasteiger partial charge in [0, 0.05) is 13.2 Å². The van der Waals surface area contributed by atoms with Gasteiger partial charge in [-0.1, -0.05) is 0 Å². The Morgan fingerprint density at radius 1 is 1.62 bits per heavy atom. The molecule has 0 amide bonds.